The van der Waals surface area contributed by atoms with Gasteiger partial charge in [0.2, 0.25) is 5.78 Å². The Balaban J connectivity index is 2.67. The average Bonchev–Trinajstić information content (AvgIpc) is 2.32. The molecule has 0 aliphatic carbocycles. The zero-order valence-electron chi connectivity index (χ0n) is 7.93. The van der Waals surface area contributed by atoms with Crippen molar-refractivity contribution in [3.05, 3.63) is 22.7 Å². The fraction of sp³-hybridized carbons (Fsp3) is 0.300. The van der Waals surface area contributed by atoms with Crippen molar-refractivity contribution in [2.75, 3.05) is 5.73 Å². The number of anilines is 1. The Morgan fingerprint density at radius 3 is 2.71 bits per heavy atom. The topological polar surface area (TPSA) is 52.3 Å². The Kier molecular flexibility index (Phi) is 1.76. The molecule has 0 amide bonds. The van der Waals surface area contributed by atoms with Crippen LogP contribution in [0.15, 0.2) is 12.1 Å². The molecule has 0 saturated heterocycles. The molecule has 0 saturated carbocycles. The first-order valence-corrected chi connectivity index (χ1v) is 4.63. The van der Waals surface area contributed by atoms with Crippen molar-refractivity contribution in [2.45, 2.75) is 19.4 Å². The molecule has 0 atom stereocenters. The van der Waals surface area contributed by atoms with Crippen molar-refractivity contribution in [2.24, 2.45) is 0 Å². The van der Waals surface area contributed by atoms with Crippen LogP contribution in [0.2, 0.25) is 5.02 Å². The van der Waals surface area contributed by atoms with Crippen molar-refractivity contribution in [3.63, 3.8) is 0 Å². The van der Waals surface area contributed by atoms with Crippen LogP contribution in [0.3, 0.4) is 0 Å². The molecule has 74 valence electrons. The predicted molar refractivity (Wildman–Crippen MR) is 54.9 cm³/mol. The van der Waals surface area contributed by atoms with Gasteiger partial charge in [-0.15, -0.1) is 0 Å². The van der Waals surface area contributed by atoms with Crippen LogP contribution in [0.5, 0.6) is 5.75 Å². The molecule has 0 bridgehead atoms. The fourth-order valence-corrected chi connectivity index (χ4v) is 1.74. The summed E-state index contributed by atoms with van der Waals surface area (Å²) in [5.41, 5.74) is 5.57. The number of fused-ring (bicyclic) bond motifs is 1. The average molecular weight is 212 g/mol. The van der Waals surface area contributed by atoms with Gasteiger partial charge in [-0.05, 0) is 26.0 Å². The summed E-state index contributed by atoms with van der Waals surface area (Å²) in [7, 11) is 0. The third-order valence-electron chi connectivity index (χ3n) is 2.27. The molecule has 1 aliphatic heterocycles. The van der Waals surface area contributed by atoms with Crippen molar-refractivity contribution >= 4 is 23.1 Å². The Bertz CT molecular complexity index is 426. The highest BCUT2D eigenvalue weighted by Crippen LogP contribution is 2.41. The molecule has 0 fully saturated rings. The van der Waals surface area contributed by atoms with Crippen LogP contribution in [-0.4, -0.2) is 11.4 Å². The lowest BCUT2D eigenvalue weighted by Gasteiger charge is -2.14. The monoisotopic (exact) mass is 211 g/mol. The number of nitrogen functional groups attached to an aromatic ring is 1. The highest BCUT2D eigenvalue weighted by molar-refractivity contribution is 6.37. The number of carbonyl (C=O) groups is 1. The molecule has 0 unspecified atom stereocenters. The summed E-state index contributed by atoms with van der Waals surface area (Å²) in [5.74, 6) is 0.393. The molecule has 3 nitrogen and oxygen atoms in total. The molecule has 1 aromatic rings. The standard InChI is InChI=1S/C10H10ClNO2/c1-10(2)9(13)7-6(14-10)4-3-5(12)8(7)11/h3-4H,12H2,1-2H3. The maximum absolute atomic E-state index is 11.8. The van der Waals surface area contributed by atoms with Crippen molar-refractivity contribution in [1.82, 2.24) is 0 Å². The van der Waals surface area contributed by atoms with Crippen LogP contribution in [0.1, 0.15) is 24.2 Å². The van der Waals surface area contributed by atoms with Gasteiger partial charge in [0.15, 0.2) is 5.60 Å². The maximum Gasteiger partial charge on any atom is 0.211 e. The fourth-order valence-electron chi connectivity index (χ4n) is 1.49. The molecule has 4 heteroatoms. The first kappa shape index (κ1) is 9.34. The van der Waals surface area contributed by atoms with Gasteiger partial charge >= 0.3 is 0 Å². The molecule has 0 spiro atoms. The Morgan fingerprint density at radius 1 is 1.43 bits per heavy atom. The number of nitrogens with two attached hydrogens (primary N) is 1. The quantitative estimate of drug-likeness (QED) is 0.670. The summed E-state index contributed by atoms with van der Waals surface area (Å²) in [6.45, 7) is 3.42. The van der Waals surface area contributed by atoms with Crippen molar-refractivity contribution in [3.8, 4) is 5.75 Å². The minimum Gasteiger partial charge on any atom is -0.479 e. The largest absolute Gasteiger partial charge is 0.479 e. The van der Waals surface area contributed by atoms with Gasteiger partial charge in [0.1, 0.15) is 5.75 Å². The zero-order valence-corrected chi connectivity index (χ0v) is 8.68. The van der Waals surface area contributed by atoms with Gasteiger partial charge in [-0.1, -0.05) is 11.6 Å². The van der Waals surface area contributed by atoms with Crippen LogP contribution in [0.25, 0.3) is 0 Å². The maximum atomic E-state index is 11.8. The number of halogens is 1. The second-order valence-corrected chi connectivity index (χ2v) is 4.16. The molecular weight excluding hydrogens is 202 g/mol. The van der Waals surface area contributed by atoms with E-state index in [0.29, 0.717) is 17.0 Å². The first-order valence-electron chi connectivity index (χ1n) is 4.25. The van der Waals surface area contributed by atoms with Gasteiger partial charge in [-0.25, -0.2) is 0 Å². The van der Waals surface area contributed by atoms with Gasteiger partial charge in [0.25, 0.3) is 0 Å². The summed E-state index contributed by atoms with van der Waals surface area (Å²) in [6, 6.07) is 3.30. The van der Waals surface area contributed by atoms with Gasteiger partial charge in [0, 0.05) is 0 Å². The van der Waals surface area contributed by atoms with E-state index < -0.39 is 5.60 Å². The van der Waals surface area contributed by atoms with Crippen LogP contribution in [-0.2, 0) is 0 Å². The first-order chi connectivity index (χ1) is 6.43. The van der Waals surface area contributed by atoms with Crippen LogP contribution in [0, 0.1) is 0 Å². The van der Waals surface area contributed by atoms with Gasteiger partial charge < -0.3 is 10.5 Å². The highest BCUT2D eigenvalue weighted by Gasteiger charge is 2.41. The van der Waals surface area contributed by atoms with Crippen LogP contribution >= 0.6 is 11.6 Å². The lowest BCUT2D eigenvalue weighted by molar-refractivity contribution is 0.0684. The van der Waals surface area contributed by atoms with E-state index in [1.165, 1.54) is 0 Å². The van der Waals surface area contributed by atoms with Crippen molar-refractivity contribution in [1.29, 1.82) is 0 Å². The minimum absolute atomic E-state index is 0.121. The number of hydrogen-bond acceptors (Lipinski definition) is 3. The second kappa shape index (κ2) is 2.64. The van der Waals surface area contributed by atoms with Gasteiger partial charge in [-0.2, -0.15) is 0 Å². The zero-order chi connectivity index (χ0) is 10.5. The minimum atomic E-state index is -0.834. The highest BCUT2D eigenvalue weighted by atomic mass is 35.5. The molecular formula is C10H10ClNO2. The van der Waals surface area contributed by atoms with E-state index in [9.17, 15) is 4.79 Å². The molecule has 14 heavy (non-hydrogen) atoms. The van der Waals surface area contributed by atoms with E-state index >= 15 is 0 Å². The summed E-state index contributed by atoms with van der Waals surface area (Å²) >= 11 is 5.93. The predicted octanol–water partition coefficient (Wildman–Crippen LogP) is 2.28. The van der Waals surface area contributed by atoms with E-state index in [1.807, 2.05) is 0 Å². The van der Waals surface area contributed by atoms with E-state index in [4.69, 9.17) is 22.1 Å². The molecule has 1 aliphatic rings. The number of ketones is 1. The van der Waals surface area contributed by atoms with Crippen molar-refractivity contribution < 1.29 is 9.53 Å². The second-order valence-electron chi connectivity index (χ2n) is 3.78. The molecule has 2 rings (SSSR count). The van der Waals surface area contributed by atoms with Gasteiger partial charge in [-0.3, -0.25) is 4.79 Å². The summed E-state index contributed by atoms with van der Waals surface area (Å²) in [6.07, 6.45) is 0. The number of rotatable bonds is 0. The van der Waals surface area contributed by atoms with Gasteiger partial charge in [0.05, 0.1) is 16.3 Å². The summed E-state index contributed by atoms with van der Waals surface area (Å²) in [4.78, 5) is 11.8. The third kappa shape index (κ3) is 1.09. The smallest absolute Gasteiger partial charge is 0.211 e. The van der Waals surface area contributed by atoms with E-state index in [0.717, 1.165) is 0 Å². The Morgan fingerprint density at radius 2 is 2.07 bits per heavy atom. The molecule has 1 aromatic carbocycles. The SMILES string of the molecule is CC1(C)Oc2ccc(N)c(Cl)c2C1=O. The molecule has 2 N–H and O–H groups in total. The number of carbonyl (C=O) groups excluding carboxylic acids is 1. The Labute approximate surface area is 86.8 Å². The Hall–Kier alpha value is -1.22. The lowest BCUT2D eigenvalue weighted by atomic mass is 9.99. The number of Topliss-reactive ketones (excluding diaryl/α,β-unsaturated/α-hetero) is 1. The number of benzene rings is 1. The summed E-state index contributed by atoms with van der Waals surface area (Å²) in [5, 5.41) is 0.290. The normalized spacial score (nSPS) is 17.8. The molecule has 0 radical (unpaired) electrons. The third-order valence-corrected chi connectivity index (χ3v) is 2.68. The lowest BCUT2D eigenvalue weighted by Crippen LogP contribution is -2.32. The number of hydrogen-bond donors (Lipinski definition) is 1. The van der Waals surface area contributed by atoms with E-state index in [1.54, 1.807) is 26.0 Å². The summed E-state index contributed by atoms with van der Waals surface area (Å²) < 4.78 is 5.45. The molecule has 1 heterocycles. The molecule has 0 aromatic heterocycles. The van der Waals surface area contributed by atoms with Crippen LogP contribution in [0.4, 0.5) is 5.69 Å². The van der Waals surface area contributed by atoms with E-state index in [2.05, 4.69) is 0 Å². The van der Waals surface area contributed by atoms with E-state index in [-0.39, 0.29) is 10.8 Å². The number of ether oxygens (including phenoxy) is 1. The van der Waals surface area contributed by atoms with Crippen LogP contribution < -0.4 is 10.5 Å².